The van der Waals surface area contributed by atoms with E-state index in [4.69, 9.17) is 9.47 Å². The van der Waals surface area contributed by atoms with Crippen molar-refractivity contribution in [2.45, 2.75) is 45.6 Å². The van der Waals surface area contributed by atoms with Crippen LogP contribution in [-0.4, -0.2) is 54.5 Å². The first-order valence-corrected chi connectivity index (χ1v) is 9.55. The molecule has 0 fully saturated rings. The van der Waals surface area contributed by atoms with Crippen LogP contribution in [0.1, 0.15) is 49.9 Å². The number of hydrogen-bond donors (Lipinski definition) is 0. The van der Waals surface area contributed by atoms with E-state index in [1.807, 2.05) is 0 Å². The first-order chi connectivity index (χ1) is 13.0. The Morgan fingerprint density at radius 3 is 2.67 bits per heavy atom. The number of aldehydes is 1. The van der Waals surface area contributed by atoms with Crippen molar-refractivity contribution < 1.29 is 14.3 Å². The third-order valence-electron chi connectivity index (χ3n) is 5.20. The van der Waals surface area contributed by atoms with Crippen molar-refractivity contribution in [1.29, 1.82) is 0 Å². The van der Waals surface area contributed by atoms with E-state index < -0.39 is 0 Å². The van der Waals surface area contributed by atoms with Crippen LogP contribution in [0, 0.1) is 0 Å². The molecule has 0 saturated carbocycles. The van der Waals surface area contributed by atoms with Crippen LogP contribution in [0.3, 0.4) is 0 Å². The molecule has 2 aliphatic rings. The van der Waals surface area contributed by atoms with Gasteiger partial charge >= 0.3 is 0 Å². The van der Waals surface area contributed by atoms with Crippen molar-refractivity contribution in [2.24, 2.45) is 0 Å². The third-order valence-corrected chi connectivity index (χ3v) is 5.20. The maximum atomic E-state index is 11.5. The lowest BCUT2D eigenvalue weighted by Gasteiger charge is -2.31. The fraction of sp³-hybridized carbons (Fsp3) is 0.524. The predicted molar refractivity (Wildman–Crippen MR) is 105 cm³/mol. The molecule has 0 radical (unpaired) electrons. The van der Waals surface area contributed by atoms with Crippen molar-refractivity contribution in [1.82, 2.24) is 14.8 Å². The minimum absolute atomic E-state index is 0.411. The summed E-state index contributed by atoms with van der Waals surface area (Å²) in [5.41, 5.74) is 4.43. The zero-order chi connectivity index (χ0) is 19.4. The van der Waals surface area contributed by atoms with Gasteiger partial charge in [0, 0.05) is 19.3 Å². The molecule has 0 bridgehead atoms. The molecule has 1 aliphatic carbocycles. The molecule has 3 rings (SSSR count). The lowest BCUT2D eigenvalue weighted by atomic mass is 9.89. The van der Waals surface area contributed by atoms with Gasteiger partial charge in [-0.05, 0) is 50.7 Å². The van der Waals surface area contributed by atoms with Crippen molar-refractivity contribution >= 4 is 6.29 Å². The molecule has 2 heterocycles. The molecule has 0 spiro atoms. The maximum absolute atomic E-state index is 11.5. The van der Waals surface area contributed by atoms with Gasteiger partial charge in [-0.15, -0.1) is 0 Å². The first kappa shape index (κ1) is 19.3. The highest BCUT2D eigenvalue weighted by Gasteiger charge is 2.27. The highest BCUT2D eigenvalue weighted by atomic mass is 16.5. The standard InChI is InChI=1S/C21H29N3O3/c1-15(2)24-14-23(3)11-19(24)17-8-6-5-7-16(17)13-27-21-10-22-9-20(26-4)18(21)12-25/h9-12,15H,5-8,13-14H2,1-4H3. The number of allylic oxidation sites excluding steroid dienone is 1. The fourth-order valence-electron chi connectivity index (χ4n) is 3.76. The Morgan fingerprint density at radius 2 is 1.96 bits per heavy atom. The molecule has 1 aliphatic heterocycles. The Hall–Kier alpha value is -2.50. The summed E-state index contributed by atoms with van der Waals surface area (Å²) in [6.07, 6.45) is 10.6. The molecule has 0 N–H and O–H groups in total. The second-order valence-electron chi connectivity index (χ2n) is 7.43. The lowest BCUT2D eigenvalue weighted by molar-refractivity contribution is 0.111. The largest absolute Gasteiger partial charge is 0.494 e. The molecule has 6 nitrogen and oxygen atoms in total. The number of aromatic nitrogens is 1. The van der Waals surface area contributed by atoms with Gasteiger partial charge in [-0.3, -0.25) is 9.78 Å². The number of pyridine rings is 1. The number of carbonyl (C=O) groups excluding carboxylic acids is 1. The highest BCUT2D eigenvalue weighted by Crippen LogP contribution is 2.35. The van der Waals surface area contributed by atoms with Crippen LogP contribution in [0.15, 0.2) is 35.4 Å². The van der Waals surface area contributed by atoms with Crippen LogP contribution in [0.2, 0.25) is 0 Å². The zero-order valence-electron chi connectivity index (χ0n) is 16.7. The number of ether oxygens (including phenoxy) is 2. The monoisotopic (exact) mass is 371 g/mol. The molecule has 0 atom stereocenters. The molecule has 0 aromatic carbocycles. The van der Waals surface area contributed by atoms with E-state index in [9.17, 15) is 4.79 Å². The topological polar surface area (TPSA) is 54.9 Å². The van der Waals surface area contributed by atoms with Gasteiger partial charge in [-0.2, -0.15) is 0 Å². The molecular formula is C21H29N3O3. The number of hydrogen-bond acceptors (Lipinski definition) is 6. The van der Waals surface area contributed by atoms with Crippen LogP contribution >= 0.6 is 0 Å². The van der Waals surface area contributed by atoms with E-state index in [0.717, 1.165) is 25.8 Å². The van der Waals surface area contributed by atoms with E-state index in [1.165, 1.54) is 43.0 Å². The zero-order valence-corrected chi connectivity index (χ0v) is 16.7. The minimum Gasteiger partial charge on any atom is -0.494 e. The van der Waals surface area contributed by atoms with Gasteiger partial charge in [0.2, 0.25) is 0 Å². The van der Waals surface area contributed by atoms with Gasteiger partial charge in [0.15, 0.2) is 17.8 Å². The molecule has 1 aromatic heterocycles. The second-order valence-corrected chi connectivity index (χ2v) is 7.43. The average molecular weight is 371 g/mol. The average Bonchev–Trinajstić information content (AvgIpc) is 3.08. The summed E-state index contributed by atoms with van der Waals surface area (Å²) in [6.45, 7) is 5.84. The quantitative estimate of drug-likeness (QED) is 0.683. The van der Waals surface area contributed by atoms with Gasteiger partial charge in [0.25, 0.3) is 0 Å². The molecule has 0 amide bonds. The third kappa shape index (κ3) is 4.10. The normalized spacial score (nSPS) is 17.4. The van der Waals surface area contributed by atoms with Gasteiger partial charge in [0.05, 0.1) is 31.9 Å². The van der Waals surface area contributed by atoms with E-state index in [-0.39, 0.29) is 0 Å². The smallest absolute Gasteiger partial charge is 0.157 e. The van der Waals surface area contributed by atoms with Gasteiger partial charge in [-0.25, -0.2) is 0 Å². The summed E-state index contributed by atoms with van der Waals surface area (Å²) in [7, 11) is 3.64. The van der Waals surface area contributed by atoms with Crippen LogP contribution in [-0.2, 0) is 0 Å². The summed E-state index contributed by atoms with van der Waals surface area (Å²) in [6, 6.07) is 0.446. The first-order valence-electron chi connectivity index (χ1n) is 9.55. The van der Waals surface area contributed by atoms with E-state index in [2.05, 4.69) is 41.9 Å². The van der Waals surface area contributed by atoms with E-state index in [1.54, 1.807) is 6.20 Å². The molecule has 1 aromatic rings. The van der Waals surface area contributed by atoms with E-state index in [0.29, 0.717) is 29.7 Å². The van der Waals surface area contributed by atoms with Crippen molar-refractivity contribution in [3.63, 3.8) is 0 Å². The number of methoxy groups -OCH3 is 1. The summed E-state index contributed by atoms with van der Waals surface area (Å²) in [5.74, 6) is 0.909. The molecule has 146 valence electrons. The van der Waals surface area contributed by atoms with Crippen molar-refractivity contribution in [2.75, 3.05) is 27.4 Å². The Bertz CT molecular complexity index is 755. The van der Waals surface area contributed by atoms with Gasteiger partial charge in [-0.1, -0.05) is 0 Å². The molecule has 0 unspecified atom stereocenters. The summed E-state index contributed by atoms with van der Waals surface area (Å²) in [4.78, 5) is 20.2. The Morgan fingerprint density at radius 1 is 1.22 bits per heavy atom. The van der Waals surface area contributed by atoms with Crippen molar-refractivity contribution in [3.8, 4) is 11.5 Å². The number of rotatable bonds is 7. The molecule has 0 saturated heterocycles. The maximum Gasteiger partial charge on any atom is 0.157 e. The van der Waals surface area contributed by atoms with Crippen LogP contribution in [0.5, 0.6) is 11.5 Å². The lowest BCUT2D eigenvalue weighted by Crippen LogP contribution is -2.32. The summed E-state index contributed by atoms with van der Waals surface area (Å²) < 4.78 is 11.2. The minimum atomic E-state index is 0.411. The summed E-state index contributed by atoms with van der Waals surface area (Å²) in [5, 5.41) is 0. The number of nitrogens with zero attached hydrogens (tertiary/aromatic N) is 3. The van der Waals surface area contributed by atoms with Crippen LogP contribution < -0.4 is 9.47 Å². The Labute approximate surface area is 161 Å². The molecular weight excluding hydrogens is 342 g/mol. The van der Waals surface area contributed by atoms with Gasteiger partial charge in [0.1, 0.15) is 12.2 Å². The number of carbonyl (C=O) groups is 1. The summed E-state index contributed by atoms with van der Waals surface area (Å²) >= 11 is 0. The molecule has 6 heteroatoms. The van der Waals surface area contributed by atoms with Crippen LogP contribution in [0.4, 0.5) is 0 Å². The Balaban J connectivity index is 1.86. The van der Waals surface area contributed by atoms with Crippen LogP contribution in [0.25, 0.3) is 0 Å². The Kier molecular flexibility index (Phi) is 6.04. The van der Waals surface area contributed by atoms with Gasteiger partial charge < -0.3 is 19.3 Å². The highest BCUT2D eigenvalue weighted by molar-refractivity contribution is 5.83. The van der Waals surface area contributed by atoms with Crippen molar-refractivity contribution in [3.05, 3.63) is 41.0 Å². The SMILES string of the molecule is COc1cncc(OCC2=C(C3=CN(C)CN3C(C)C)CCCC2)c1C=O. The van der Waals surface area contributed by atoms with E-state index >= 15 is 0 Å². The predicted octanol–water partition coefficient (Wildman–Crippen LogP) is 3.61. The molecule has 27 heavy (non-hydrogen) atoms. The fourth-order valence-corrected chi connectivity index (χ4v) is 3.76. The second kappa shape index (κ2) is 8.46.